The zero-order valence-electron chi connectivity index (χ0n) is 6.78. The summed E-state index contributed by atoms with van der Waals surface area (Å²) < 4.78 is 0. The molecule has 0 spiro atoms. The summed E-state index contributed by atoms with van der Waals surface area (Å²) in [5.74, 6) is 0. The molecule has 12 heavy (non-hydrogen) atoms. The van der Waals surface area contributed by atoms with Gasteiger partial charge in [-0.3, -0.25) is 0 Å². The molecular weight excluding hydrogens is 185 g/mol. The van der Waals surface area contributed by atoms with Crippen molar-refractivity contribution in [1.82, 2.24) is 4.98 Å². The van der Waals surface area contributed by atoms with Gasteiger partial charge in [-0.25, -0.2) is 4.98 Å². The fraction of sp³-hybridized carbons (Fsp3) is 0.125. The molecule has 0 fully saturated rings. The highest BCUT2D eigenvalue weighted by atomic mass is 32.1. The van der Waals surface area contributed by atoms with Crippen molar-refractivity contribution in [3.63, 3.8) is 0 Å². The minimum absolute atomic E-state index is 1.03. The monoisotopic (exact) mass is 193 g/mol. The molecule has 0 amide bonds. The summed E-state index contributed by atoms with van der Waals surface area (Å²) >= 11 is 3.48. The van der Waals surface area contributed by atoms with Crippen LogP contribution >= 0.6 is 22.7 Å². The first-order chi connectivity index (χ1) is 5.90. The molecule has 1 nitrogen and oxygen atoms in total. The molecule has 2 heterocycles. The van der Waals surface area contributed by atoms with Gasteiger partial charge in [-0.1, -0.05) is 6.07 Å². The Morgan fingerprint density at radius 3 is 2.92 bits per heavy atom. The van der Waals surface area contributed by atoms with E-state index in [-0.39, 0.29) is 0 Å². The van der Waals surface area contributed by atoms with Gasteiger partial charge in [0.1, 0.15) is 12.9 Å². The van der Waals surface area contributed by atoms with Crippen molar-refractivity contribution in [2.75, 3.05) is 0 Å². The molecule has 60 valence electrons. The van der Waals surface area contributed by atoms with Crippen LogP contribution in [0.5, 0.6) is 0 Å². The molecule has 0 aliphatic heterocycles. The molecule has 0 saturated carbocycles. The highest BCUT2D eigenvalue weighted by molar-refractivity contribution is 7.20. The number of thiophene rings is 1. The molecule has 4 heteroatoms. The first kappa shape index (κ1) is 8.01. The van der Waals surface area contributed by atoms with E-state index >= 15 is 0 Å². The van der Waals surface area contributed by atoms with E-state index in [1.165, 1.54) is 10.6 Å². The molecule has 0 unspecified atom stereocenters. The maximum absolute atomic E-state index is 4.50. The van der Waals surface area contributed by atoms with Gasteiger partial charge in [0.05, 0.1) is 4.88 Å². The van der Waals surface area contributed by atoms with Gasteiger partial charge in [0.2, 0.25) is 0 Å². The van der Waals surface area contributed by atoms with Crippen molar-refractivity contribution in [2.45, 2.75) is 6.32 Å². The van der Waals surface area contributed by atoms with Crippen LogP contribution in [0.2, 0.25) is 0 Å². The van der Waals surface area contributed by atoms with Gasteiger partial charge < -0.3 is 0 Å². The molecule has 0 aromatic carbocycles. The standard InChI is InChI=1S/C8H8BNS2/c9-4-6-5-12-8(10-6)7-2-1-3-11-7/h1-3,5H,4,9H2. The zero-order chi connectivity index (χ0) is 8.39. The van der Waals surface area contributed by atoms with Crippen molar-refractivity contribution in [3.8, 4) is 9.88 Å². The Bertz CT molecular complexity index is 353. The van der Waals surface area contributed by atoms with E-state index in [2.05, 4.69) is 35.7 Å². The zero-order valence-corrected chi connectivity index (χ0v) is 8.41. The Hall–Kier alpha value is -0.605. The Labute approximate surface area is 80.5 Å². The molecule has 2 aromatic rings. The third-order valence-electron chi connectivity index (χ3n) is 1.65. The van der Waals surface area contributed by atoms with E-state index in [1.54, 1.807) is 22.7 Å². The van der Waals surface area contributed by atoms with E-state index in [0.29, 0.717) is 0 Å². The third-order valence-corrected chi connectivity index (χ3v) is 3.58. The summed E-state index contributed by atoms with van der Waals surface area (Å²) in [4.78, 5) is 5.78. The number of hydrogen-bond donors (Lipinski definition) is 0. The van der Waals surface area contributed by atoms with Gasteiger partial charge in [-0.05, 0) is 17.8 Å². The lowest BCUT2D eigenvalue weighted by Crippen LogP contribution is -1.81. The first-order valence-corrected chi connectivity index (χ1v) is 5.64. The van der Waals surface area contributed by atoms with Crippen molar-refractivity contribution in [2.24, 2.45) is 0 Å². The third kappa shape index (κ3) is 1.45. The molecule has 2 rings (SSSR count). The van der Waals surface area contributed by atoms with Crippen LogP contribution < -0.4 is 0 Å². The lowest BCUT2D eigenvalue weighted by molar-refractivity contribution is 1.23. The molecule has 0 radical (unpaired) electrons. The smallest absolute Gasteiger partial charge is 0.133 e. The Morgan fingerprint density at radius 2 is 2.33 bits per heavy atom. The van der Waals surface area contributed by atoms with Gasteiger partial charge in [-0.2, -0.15) is 0 Å². The summed E-state index contributed by atoms with van der Waals surface area (Å²) in [5.41, 5.74) is 1.20. The van der Waals surface area contributed by atoms with Crippen molar-refractivity contribution >= 4 is 30.5 Å². The lowest BCUT2D eigenvalue weighted by Gasteiger charge is -1.86. The summed E-state index contributed by atoms with van der Waals surface area (Å²) in [6.07, 6.45) is 1.03. The largest absolute Gasteiger partial charge is 0.241 e. The maximum atomic E-state index is 4.50. The van der Waals surface area contributed by atoms with E-state index in [0.717, 1.165) is 11.3 Å². The molecule has 0 aliphatic rings. The number of aromatic nitrogens is 1. The van der Waals surface area contributed by atoms with Crippen molar-refractivity contribution in [3.05, 3.63) is 28.6 Å². The molecule has 0 saturated heterocycles. The normalized spacial score (nSPS) is 10.3. The fourth-order valence-electron chi connectivity index (χ4n) is 0.983. The average Bonchev–Trinajstić information content (AvgIpc) is 2.75. The predicted molar refractivity (Wildman–Crippen MR) is 57.7 cm³/mol. The van der Waals surface area contributed by atoms with E-state index in [9.17, 15) is 0 Å². The second kappa shape index (κ2) is 3.41. The van der Waals surface area contributed by atoms with Gasteiger partial charge >= 0.3 is 0 Å². The fourth-order valence-corrected chi connectivity index (χ4v) is 2.70. The van der Waals surface area contributed by atoms with E-state index in [1.807, 2.05) is 0 Å². The summed E-state index contributed by atoms with van der Waals surface area (Å²) in [6, 6.07) is 4.18. The van der Waals surface area contributed by atoms with E-state index < -0.39 is 0 Å². The molecule has 0 bridgehead atoms. The molecule has 0 aliphatic carbocycles. The molecule has 0 atom stereocenters. The van der Waals surface area contributed by atoms with Gasteiger partial charge in [0.25, 0.3) is 0 Å². The quantitative estimate of drug-likeness (QED) is 0.664. The Kier molecular flexibility index (Phi) is 2.28. The predicted octanol–water partition coefficient (Wildman–Crippen LogP) is 2.00. The van der Waals surface area contributed by atoms with Gasteiger partial charge in [-0.15, -0.1) is 22.7 Å². The number of nitrogens with zero attached hydrogens (tertiary/aromatic N) is 1. The van der Waals surface area contributed by atoms with Gasteiger partial charge in [0.15, 0.2) is 0 Å². The van der Waals surface area contributed by atoms with Crippen molar-refractivity contribution < 1.29 is 0 Å². The molecule has 2 aromatic heterocycles. The maximum Gasteiger partial charge on any atom is 0.133 e. The first-order valence-electron chi connectivity index (χ1n) is 3.88. The summed E-state index contributed by atoms with van der Waals surface area (Å²) in [6.45, 7) is 0. The second-order valence-electron chi connectivity index (χ2n) is 2.47. The number of hydrogen-bond acceptors (Lipinski definition) is 3. The van der Waals surface area contributed by atoms with Gasteiger partial charge in [0, 0.05) is 11.1 Å². The second-order valence-corrected chi connectivity index (χ2v) is 4.28. The summed E-state index contributed by atoms with van der Waals surface area (Å²) in [7, 11) is 2.13. The summed E-state index contributed by atoms with van der Waals surface area (Å²) in [5, 5.41) is 5.37. The average molecular weight is 193 g/mol. The SMILES string of the molecule is BCc1csc(-c2cccs2)n1. The van der Waals surface area contributed by atoms with Crippen LogP contribution in [0, 0.1) is 0 Å². The molecular formula is C8H8BNS2. The topological polar surface area (TPSA) is 12.9 Å². The van der Waals surface area contributed by atoms with Crippen LogP contribution in [0.1, 0.15) is 5.69 Å². The highest BCUT2D eigenvalue weighted by Crippen LogP contribution is 2.27. The van der Waals surface area contributed by atoms with Crippen molar-refractivity contribution in [1.29, 1.82) is 0 Å². The lowest BCUT2D eigenvalue weighted by atomic mass is 10.0. The highest BCUT2D eigenvalue weighted by Gasteiger charge is 2.02. The minimum atomic E-state index is 1.03. The van der Waals surface area contributed by atoms with Crippen LogP contribution in [-0.2, 0) is 6.32 Å². The molecule has 0 N–H and O–H groups in total. The Morgan fingerprint density at radius 1 is 1.42 bits per heavy atom. The number of thiazole rings is 1. The Balaban J connectivity index is 2.35. The minimum Gasteiger partial charge on any atom is -0.241 e. The van der Waals surface area contributed by atoms with Crippen LogP contribution in [0.15, 0.2) is 22.9 Å². The number of rotatable bonds is 2. The van der Waals surface area contributed by atoms with Crippen LogP contribution in [0.25, 0.3) is 9.88 Å². The van der Waals surface area contributed by atoms with Crippen LogP contribution in [-0.4, -0.2) is 12.8 Å². The van der Waals surface area contributed by atoms with E-state index in [4.69, 9.17) is 0 Å². The van der Waals surface area contributed by atoms with Crippen LogP contribution in [0.4, 0.5) is 0 Å². The van der Waals surface area contributed by atoms with Crippen LogP contribution in [0.3, 0.4) is 0 Å².